The Balaban J connectivity index is 1.81. The molecule has 4 rings (SSSR count). The zero-order valence-electron chi connectivity index (χ0n) is 11.4. The minimum atomic E-state index is 0.790. The lowest BCUT2D eigenvalue weighted by Gasteiger charge is -2.01. The summed E-state index contributed by atoms with van der Waals surface area (Å²) >= 11 is 0. The number of rotatable bonds is 2. The van der Waals surface area contributed by atoms with Gasteiger partial charge in [0.2, 0.25) is 0 Å². The van der Waals surface area contributed by atoms with Crippen molar-refractivity contribution in [3.8, 4) is 17.1 Å². The molecule has 0 unspecified atom stereocenters. The quantitative estimate of drug-likeness (QED) is 0.766. The van der Waals surface area contributed by atoms with Gasteiger partial charge in [0.1, 0.15) is 11.6 Å². The van der Waals surface area contributed by atoms with Crippen LogP contribution in [0.2, 0.25) is 0 Å². The van der Waals surface area contributed by atoms with E-state index < -0.39 is 0 Å². The molecule has 0 fully saturated rings. The number of H-pyrrole nitrogens is 1. The fraction of sp³-hybridized carbons (Fsp3) is 0.235. The molecule has 1 aromatic heterocycles. The van der Waals surface area contributed by atoms with Gasteiger partial charge in [0.15, 0.2) is 0 Å². The number of nitrogens with zero attached hydrogens (tertiary/aromatic N) is 1. The average molecular weight is 264 g/mol. The van der Waals surface area contributed by atoms with Crippen LogP contribution in [0.4, 0.5) is 0 Å². The monoisotopic (exact) mass is 264 g/mol. The van der Waals surface area contributed by atoms with E-state index in [0.29, 0.717) is 0 Å². The van der Waals surface area contributed by atoms with E-state index in [2.05, 4.69) is 47.2 Å². The maximum Gasteiger partial charge on any atom is 0.138 e. The Hall–Kier alpha value is -2.29. The summed E-state index contributed by atoms with van der Waals surface area (Å²) in [5.74, 6) is 1.95. The van der Waals surface area contributed by atoms with Crippen LogP contribution in [0.1, 0.15) is 18.1 Å². The molecule has 1 N–H and O–H groups in total. The summed E-state index contributed by atoms with van der Waals surface area (Å²) in [6.07, 6.45) is 2.03. The smallest absolute Gasteiger partial charge is 0.138 e. The Kier molecular flexibility index (Phi) is 2.52. The molecule has 0 spiro atoms. The van der Waals surface area contributed by atoms with Crippen LogP contribution in [0.5, 0.6) is 5.75 Å². The van der Waals surface area contributed by atoms with Gasteiger partial charge in [-0.15, -0.1) is 0 Å². The standard InChI is InChI=1S/C17H16N2O/c1-2-11-3-5-14-15(9-11)19-17(18-14)13-4-6-16-12(10-13)7-8-20-16/h3-6,9-10H,2,7-8H2,1H3,(H,18,19). The van der Waals surface area contributed by atoms with Gasteiger partial charge >= 0.3 is 0 Å². The molecule has 0 atom stereocenters. The van der Waals surface area contributed by atoms with Crippen molar-refractivity contribution in [1.29, 1.82) is 0 Å². The number of hydrogen-bond donors (Lipinski definition) is 1. The summed E-state index contributed by atoms with van der Waals surface area (Å²) in [6.45, 7) is 2.96. The summed E-state index contributed by atoms with van der Waals surface area (Å²) in [4.78, 5) is 8.11. The molecule has 3 heteroatoms. The van der Waals surface area contributed by atoms with Crippen LogP contribution in [0.15, 0.2) is 36.4 Å². The number of benzene rings is 2. The summed E-state index contributed by atoms with van der Waals surface area (Å²) in [7, 11) is 0. The minimum absolute atomic E-state index is 0.790. The third kappa shape index (κ3) is 1.78. The number of aromatic nitrogens is 2. The van der Waals surface area contributed by atoms with Crippen molar-refractivity contribution in [2.45, 2.75) is 19.8 Å². The van der Waals surface area contributed by atoms with Crippen molar-refractivity contribution in [1.82, 2.24) is 9.97 Å². The van der Waals surface area contributed by atoms with Gasteiger partial charge in [-0.1, -0.05) is 13.0 Å². The van der Waals surface area contributed by atoms with Crippen LogP contribution in [0.25, 0.3) is 22.4 Å². The predicted octanol–water partition coefficient (Wildman–Crippen LogP) is 3.73. The van der Waals surface area contributed by atoms with E-state index in [1.165, 1.54) is 11.1 Å². The summed E-state index contributed by atoms with van der Waals surface area (Å²) in [5.41, 5.74) is 5.86. The number of aromatic amines is 1. The number of nitrogens with one attached hydrogen (secondary N) is 1. The van der Waals surface area contributed by atoms with Gasteiger partial charge in [-0.2, -0.15) is 0 Å². The van der Waals surface area contributed by atoms with E-state index in [0.717, 1.165) is 47.6 Å². The van der Waals surface area contributed by atoms with E-state index in [4.69, 9.17) is 4.74 Å². The summed E-state index contributed by atoms with van der Waals surface area (Å²) in [6, 6.07) is 12.7. The zero-order valence-corrected chi connectivity index (χ0v) is 11.4. The Morgan fingerprint density at radius 2 is 2.15 bits per heavy atom. The van der Waals surface area contributed by atoms with Gasteiger partial charge in [-0.05, 0) is 47.9 Å². The molecule has 1 aliphatic heterocycles. The average Bonchev–Trinajstić information content (AvgIpc) is 3.11. The van der Waals surface area contributed by atoms with Gasteiger partial charge in [0.05, 0.1) is 17.6 Å². The second-order valence-electron chi connectivity index (χ2n) is 5.21. The molecule has 2 heterocycles. The van der Waals surface area contributed by atoms with E-state index in [1.807, 2.05) is 6.07 Å². The SMILES string of the molecule is CCc1ccc2nc(-c3ccc4c(c3)CCO4)[nH]c2c1. The van der Waals surface area contributed by atoms with Crippen molar-refractivity contribution < 1.29 is 4.74 Å². The summed E-state index contributed by atoms with van der Waals surface area (Å²) < 4.78 is 5.55. The van der Waals surface area contributed by atoms with Gasteiger partial charge in [-0.25, -0.2) is 4.98 Å². The Bertz CT molecular complexity index is 789. The molecule has 0 amide bonds. The lowest BCUT2D eigenvalue weighted by molar-refractivity contribution is 0.357. The largest absolute Gasteiger partial charge is 0.493 e. The minimum Gasteiger partial charge on any atom is -0.493 e. The molecule has 0 saturated heterocycles. The van der Waals surface area contributed by atoms with Crippen molar-refractivity contribution in [2.75, 3.05) is 6.61 Å². The van der Waals surface area contributed by atoms with Gasteiger partial charge < -0.3 is 9.72 Å². The molecule has 100 valence electrons. The van der Waals surface area contributed by atoms with Crippen LogP contribution in [0.3, 0.4) is 0 Å². The van der Waals surface area contributed by atoms with Crippen LogP contribution in [-0.2, 0) is 12.8 Å². The Labute approximate surface area is 117 Å². The highest BCUT2D eigenvalue weighted by molar-refractivity contribution is 5.80. The number of fused-ring (bicyclic) bond motifs is 2. The first-order valence-electron chi connectivity index (χ1n) is 7.08. The molecule has 0 saturated carbocycles. The molecule has 20 heavy (non-hydrogen) atoms. The second-order valence-corrected chi connectivity index (χ2v) is 5.21. The topological polar surface area (TPSA) is 37.9 Å². The van der Waals surface area contributed by atoms with E-state index in [1.54, 1.807) is 0 Å². The number of ether oxygens (including phenoxy) is 1. The molecule has 0 aliphatic carbocycles. The van der Waals surface area contributed by atoms with E-state index >= 15 is 0 Å². The number of hydrogen-bond acceptors (Lipinski definition) is 2. The molecule has 0 bridgehead atoms. The van der Waals surface area contributed by atoms with Crippen LogP contribution >= 0.6 is 0 Å². The normalized spacial score (nSPS) is 13.4. The summed E-state index contributed by atoms with van der Waals surface area (Å²) in [5, 5.41) is 0. The second kappa shape index (κ2) is 4.37. The van der Waals surface area contributed by atoms with Crippen molar-refractivity contribution in [2.24, 2.45) is 0 Å². The van der Waals surface area contributed by atoms with Gasteiger partial charge in [0.25, 0.3) is 0 Å². The maximum atomic E-state index is 5.55. The lowest BCUT2D eigenvalue weighted by atomic mass is 10.1. The predicted molar refractivity (Wildman–Crippen MR) is 80.1 cm³/mol. The molecule has 2 aromatic carbocycles. The molecule has 3 nitrogen and oxygen atoms in total. The first-order chi connectivity index (χ1) is 9.83. The van der Waals surface area contributed by atoms with Crippen molar-refractivity contribution in [3.05, 3.63) is 47.5 Å². The maximum absolute atomic E-state index is 5.55. The molecular formula is C17H16N2O. The van der Waals surface area contributed by atoms with Crippen LogP contribution < -0.4 is 4.74 Å². The van der Waals surface area contributed by atoms with E-state index in [-0.39, 0.29) is 0 Å². The highest BCUT2D eigenvalue weighted by Crippen LogP contribution is 2.30. The third-order valence-corrected chi connectivity index (χ3v) is 3.92. The number of aryl methyl sites for hydroxylation is 1. The van der Waals surface area contributed by atoms with E-state index in [9.17, 15) is 0 Å². The highest BCUT2D eigenvalue weighted by atomic mass is 16.5. The fourth-order valence-corrected chi connectivity index (χ4v) is 2.75. The first kappa shape index (κ1) is 11.5. The Morgan fingerprint density at radius 1 is 1.20 bits per heavy atom. The molecule has 3 aromatic rings. The Morgan fingerprint density at radius 3 is 3.05 bits per heavy atom. The number of imidazole rings is 1. The fourth-order valence-electron chi connectivity index (χ4n) is 2.75. The van der Waals surface area contributed by atoms with Crippen molar-refractivity contribution in [3.63, 3.8) is 0 Å². The first-order valence-corrected chi connectivity index (χ1v) is 7.08. The zero-order chi connectivity index (χ0) is 13.5. The van der Waals surface area contributed by atoms with Crippen molar-refractivity contribution >= 4 is 11.0 Å². The van der Waals surface area contributed by atoms with Crippen LogP contribution in [-0.4, -0.2) is 16.6 Å². The van der Waals surface area contributed by atoms with Gasteiger partial charge in [0, 0.05) is 12.0 Å². The molecule has 1 aliphatic rings. The van der Waals surface area contributed by atoms with Crippen LogP contribution in [0, 0.1) is 0 Å². The molecular weight excluding hydrogens is 248 g/mol. The molecule has 0 radical (unpaired) electrons. The highest BCUT2D eigenvalue weighted by Gasteiger charge is 2.14. The lowest BCUT2D eigenvalue weighted by Crippen LogP contribution is -1.85. The third-order valence-electron chi connectivity index (χ3n) is 3.92. The van der Waals surface area contributed by atoms with Gasteiger partial charge in [-0.3, -0.25) is 0 Å².